The second-order valence-electron chi connectivity index (χ2n) is 7.11. The molecule has 28 heavy (non-hydrogen) atoms. The zero-order chi connectivity index (χ0) is 20.3. The van der Waals surface area contributed by atoms with Crippen LogP contribution in [0.25, 0.3) is 5.69 Å². The van der Waals surface area contributed by atoms with Crippen molar-refractivity contribution in [3.63, 3.8) is 0 Å². The van der Waals surface area contributed by atoms with Gasteiger partial charge in [0.15, 0.2) is 9.84 Å². The molecule has 1 amide bonds. The van der Waals surface area contributed by atoms with Crippen molar-refractivity contribution in [3.8, 4) is 5.69 Å². The maximum absolute atomic E-state index is 13.0. The summed E-state index contributed by atoms with van der Waals surface area (Å²) in [7, 11) is -3.06. The Labute approximate surface area is 169 Å². The second-order valence-corrected chi connectivity index (χ2v) is 10.3. The monoisotopic (exact) mass is 423 g/mol. The number of carbonyl (C=O) groups is 1. The highest BCUT2D eigenvalue weighted by molar-refractivity contribution is 7.99. The number of nitrogens with zero attached hydrogens (tertiary/aromatic N) is 5. The minimum absolute atomic E-state index is 0.0144. The molecule has 2 heterocycles. The number of aryl methyl sites for hydroxylation is 1. The Bertz CT molecular complexity index is 927. The van der Waals surface area contributed by atoms with Crippen LogP contribution in [0.15, 0.2) is 29.4 Å². The van der Waals surface area contributed by atoms with Gasteiger partial charge in [-0.25, -0.2) is 8.42 Å². The van der Waals surface area contributed by atoms with Crippen LogP contribution in [0.2, 0.25) is 0 Å². The molecular weight excluding hydrogens is 398 g/mol. The first-order valence-electron chi connectivity index (χ1n) is 9.30. The fourth-order valence-electron chi connectivity index (χ4n) is 3.32. The molecule has 0 N–H and O–H groups in total. The highest BCUT2D eigenvalue weighted by Crippen LogP contribution is 2.24. The van der Waals surface area contributed by atoms with Crippen LogP contribution in [-0.4, -0.2) is 68.8 Å². The van der Waals surface area contributed by atoms with Crippen LogP contribution in [0.4, 0.5) is 0 Å². The number of rotatable bonds is 7. The van der Waals surface area contributed by atoms with Crippen molar-refractivity contribution in [3.05, 3.63) is 29.8 Å². The summed E-state index contributed by atoms with van der Waals surface area (Å²) in [5, 5.41) is 12.3. The van der Waals surface area contributed by atoms with Crippen molar-refractivity contribution < 1.29 is 13.2 Å². The lowest BCUT2D eigenvalue weighted by molar-refractivity contribution is -0.132. The lowest BCUT2D eigenvalue weighted by Crippen LogP contribution is -2.47. The molecule has 152 valence electrons. The van der Waals surface area contributed by atoms with Crippen LogP contribution in [0.3, 0.4) is 0 Å². The Morgan fingerprint density at radius 3 is 2.68 bits per heavy atom. The molecule has 1 aliphatic heterocycles. The molecule has 2 aromatic rings. The topological polar surface area (TPSA) is 98.1 Å². The van der Waals surface area contributed by atoms with E-state index < -0.39 is 9.84 Å². The van der Waals surface area contributed by atoms with E-state index in [2.05, 4.69) is 15.5 Å². The smallest absolute Gasteiger partial charge is 0.233 e. The van der Waals surface area contributed by atoms with Gasteiger partial charge in [-0.3, -0.25) is 4.79 Å². The fourth-order valence-corrected chi connectivity index (χ4v) is 5.79. The molecular formula is C18H25N5O3S2. The van der Waals surface area contributed by atoms with Crippen LogP contribution in [0, 0.1) is 6.92 Å². The molecule has 0 saturated carbocycles. The molecule has 0 unspecified atom stereocenters. The normalized spacial score (nSPS) is 19.5. The summed E-state index contributed by atoms with van der Waals surface area (Å²) in [6.07, 6.45) is 1.28. The van der Waals surface area contributed by atoms with E-state index in [0.29, 0.717) is 11.6 Å². The summed E-state index contributed by atoms with van der Waals surface area (Å²) in [6.45, 7) is 5.97. The van der Waals surface area contributed by atoms with Gasteiger partial charge in [0.25, 0.3) is 0 Å². The molecule has 0 radical (unpaired) electrons. The Morgan fingerprint density at radius 2 is 2.07 bits per heavy atom. The van der Waals surface area contributed by atoms with Crippen LogP contribution >= 0.6 is 11.8 Å². The van der Waals surface area contributed by atoms with E-state index in [9.17, 15) is 13.2 Å². The minimum Gasteiger partial charge on any atom is -0.335 e. The van der Waals surface area contributed by atoms with Crippen molar-refractivity contribution >= 4 is 27.5 Å². The first-order chi connectivity index (χ1) is 13.3. The summed E-state index contributed by atoms with van der Waals surface area (Å²) in [5.74, 6) is 0.276. The van der Waals surface area contributed by atoms with Gasteiger partial charge in [0.2, 0.25) is 11.1 Å². The Kier molecular flexibility index (Phi) is 6.39. The largest absolute Gasteiger partial charge is 0.335 e. The van der Waals surface area contributed by atoms with Gasteiger partial charge in [0.1, 0.15) is 0 Å². The standard InChI is InChI=1S/C18H25N5O3S2/c1-4-14(3)22(16-9-10-28(25,26)12-16)17(24)11-27-18-19-20-21-23(18)15-7-5-13(2)6-8-15/h5-8,14,16H,4,9-12H2,1-3H3/t14-,16+/m0/s1. The zero-order valence-electron chi connectivity index (χ0n) is 16.3. The quantitative estimate of drug-likeness (QED) is 0.627. The average molecular weight is 424 g/mol. The maximum Gasteiger partial charge on any atom is 0.233 e. The fraction of sp³-hybridized carbons (Fsp3) is 0.556. The number of sulfone groups is 1. The minimum atomic E-state index is -3.06. The SMILES string of the molecule is CC[C@H](C)N(C(=O)CSc1nnnn1-c1ccc(C)cc1)[C@@H]1CCS(=O)(=O)C1. The molecule has 0 spiro atoms. The molecule has 3 rings (SSSR count). The van der Waals surface area contributed by atoms with Gasteiger partial charge >= 0.3 is 0 Å². The third-order valence-corrected chi connectivity index (χ3v) is 7.65. The van der Waals surface area contributed by atoms with Crippen molar-refractivity contribution in [1.82, 2.24) is 25.1 Å². The molecule has 8 nitrogen and oxygen atoms in total. The predicted octanol–water partition coefficient (Wildman–Crippen LogP) is 1.88. The van der Waals surface area contributed by atoms with E-state index in [0.717, 1.165) is 17.7 Å². The van der Waals surface area contributed by atoms with Gasteiger partial charge < -0.3 is 4.90 Å². The Morgan fingerprint density at radius 1 is 1.36 bits per heavy atom. The molecule has 2 atom stereocenters. The summed E-state index contributed by atoms with van der Waals surface area (Å²) in [4.78, 5) is 14.7. The highest BCUT2D eigenvalue weighted by Gasteiger charge is 2.36. The molecule has 10 heteroatoms. The number of thioether (sulfide) groups is 1. The van der Waals surface area contributed by atoms with Gasteiger partial charge in [-0.15, -0.1) is 5.10 Å². The second kappa shape index (κ2) is 8.60. The Hall–Kier alpha value is -1.94. The highest BCUT2D eigenvalue weighted by atomic mass is 32.2. The zero-order valence-corrected chi connectivity index (χ0v) is 17.9. The van der Waals surface area contributed by atoms with Gasteiger partial charge in [0, 0.05) is 12.1 Å². The van der Waals surface area contributed by atoms with Crippen LogP contribution < -0.4 is 0 Å². The number of hydrogen-bond acceptors (Lipinski definition) is 7. The lowest BCUT2D eigenvalue weighted by Gasteiger charge is -2.33. The van der Waals surface area contributed by atoms with Gasteiger partial charge in [0.05, 0.1) is 22.9 Å². The van der Waals surface area contributed by atoms with E-state index in [1.54, 1.807) is 9.58 Å². The van der Waals surface area contributed by atoms with E-state index in [-0.39, 0.29) is 35.2 Å². The average Bonchev–Trinajstić information content (AvgIpc) is 3.27. The van der Waals surface area contributed by atoms with E-state index in [4.69, 9.17) is 0 Å². The summed E-state index contributed by atoms with van der Waals surface area (Å²) >= 11 is 1.26. The van der Waals surface area contributed by atoms with Crippen molar-refractivity contribution in [2.24, 2.45) is 0 Å². The predicted molar refractivity (Wildman–Crippen MR) is 108 cm³/mol. The molecule has 0 aliphatic carbocycles. The van der Waals surface area contributed by atoms with Gasteiger partial charge in [-0.1, -0.05) is 36.4 Å². The molecule has 1 saturated heterocycles. The molecule has 1 aromatic carbocycles. The van der Waals surface area contributed by atoms with Crippen LogP contribution in [0.5, 0.6) is 0 Å². The van der Waals surface area contributed by atoms with Crippen molar-refractivity contribution in [2.75, 3.05) is 17.3 Å². The summed E-state index contributed by atoms with van der Waals surface area (Å²) in [5.41, 5.74) is 1.96. The first-order valence-corrected chi connectivity index (χ1v) is 12.1. The summed E-state index contributed by atoms with van der Waals surface area (Å²) < 4.78 is 25.4. The van der Waals surface area contributed by atoms with E-state index in [1.807, 2.05) is 45.0 Å². The van der Waals surface area contributed by atoms with Gasteiger partial charge in [-0.05, 0) is 49.2 Å². The van der Waals surface area contributed by atoms with Crippen molar-refractivity contribution in [1.29, 1.82) is 0 Å². The molecule has 0 bridgehead atoms. The van der Waals surface area contributed by atoms with Crippen LogP contribution in [0.1, 0.15) is 32.3 Å². The molecule has 1 aliphatic rings. The molecule has 1 aromatic heterocycles. The molecule has 1 fully saturated rings. The number of benzene rings is 1. The third-order valence-electron chi connectivity index (χ3n) is 5.00. The number of aromatic nitrogens is 4. The Balaban J connectivity index is 1.72. The van der Waals surface area contributed by atoms with Crippen LogP contribution in [-0.2, 0) is 14.6 Å². The lowest BCUT2D eigenvalue weighted by atomic mass is 10.1. The number of carbonyl (C=O) groups excluding carboxylic acids is 1. The number of amides is 1. The van der Waals surface area contributed by atoms with E-state index >= 15 is 0 Å². The number of tetrazole rings is 1. The van der Waals surface area contributed by atoms with Crippen molar-refractivity contribution in [2.45, 2.75) is 50.9 Å². The number of hydrogen-bond donors (Lipinski definition) is 0. The van der Waals surface area contributed by atoms with E-state index in [1.165, 1.54) is 11.8 Å². The third kappa shape index (κ3) is 4.72. The first kappa shape index (κ1) is 20.8. The summed E-state index contributed by atoms with van der Waals surface area (Å²) in [6, 6.07) is 7.53. The van der Waals surface area contributed by atoms with Gasteiger partial charge in [-0.2, -0.15) is 4.68 Å². The maximum atomic E-state index is 13.0.